The molecule has 0 radical (unpaired) electrons. The molecule has 3 aliphatic carbocycles. The monoisotopic (exact) mass is 263 g/mol. The van der Waals surface area contributed by atoms with Crippen LogP contribution in [-0.4, -0.2) is 16.6 Å². The number of carboxylic acids is 1. The highest BCUT2D eigenvalue weighted by atomic mass is 16.4. The van der Waals surface area contributed by atoms with Gasteiger partial charge >= 0.3 is 5.97 Å². The molecule has 5 unspecified atom stereocenters. The molecular formula is C16H25NO2. The summed E-state index contributed by atoms with van der Waals surface area (Å²) in [5.41, 5.74) is 7.06. The van der Waals surface area contributed by atoms with Crippen molar-refractivity contribution in [3.63, 3.8) is 0 Å². The lowest BCUT2D eigenvalue weighted by Gasteiger charge is -2.41. The molecule has 3 nitrogen and oxygen atoms in total. The van der Waals surface area contributed by atoms with Crippen molar-refractivity contribution in [1.29, 1.82) is 0 Å². The molecule has 0 amide bonds. The van der Waals surface area contributed by atoms with Gasteiger partial charge in [0.15, 0.2) is 0 Å². The summed E-state index contributed by atoms with van der Waals surface area (Å²) in [5, 5.41) is 9.78. The molecule has 106 valence electrons. The lowest BCUT2D eigenvalue weighted by molar-refractivity contribution is -0.152. The molecule has 0 saturated heterocycles. The van der Waals surface area contributed by atoms with Gasteiger partial charge in [0.2, 0.25) is 0 Å². The van der Waals surface area contributed by atoms with Gasteiger partial charge in [0.25, 0.3) is 0 Å². The van der Waals surface area contributed by atoms with Crippen molar-refractivity contribution in [2.45, 2.75) is 57.9 Å². The summed E-state index contributed by atoms with van der Waals surface area (Å²) >= 11 is 0. The summed E-state index contributed by atoms with van der Waals surface area (Å²) in [6.45, 7) is 4.24. The molecule has 0 aromatic heterocycles. The van der Waals surface area contributed by atoms with Crippen molar-refractivity contribution in [3.05, 3.63) is 11.6 Å². The Morgan fingerprint density at radius 2 is 2.16 bits per heavy atom. The average Bonchev–Trinajstić information content (AvgIpc) is 2.97. The number of fused-ring (bicyclic) bond motifs is 5. The van der Waals surface area contributed by atoms with Gasteiger partial charge in [0, 0.05) is 5.54 Å². The maximum absolute atomic E-state index is 11.9. The Morgan fingerprint density at radius 3 is 2.79 bits per heavy atom. The van der Waals surface area contributed by atoms with E-state index in [1.165, 1.54) is 18.4 Å². The molecule has 3 saturated carbocycles. The van der Waals surface area contributed by atoms with Crippen LogP contribution >= 0.6 is 0 Å². The van der Waals surface area contributed by atoms with Gasteiger partial charge in [-0.05, 0) is 56.8 Å². The Balaban J connectivity index is 2.00. The molecular weight excluding hydrogens is 238 g/mol. The second-order valence-electron chi connectivity index (χ2n) is 7.11. The van der Waals surface area contributed by atoms with Crippen LogP contribution < -0.4 is 5.73 Å². The van der Waals surface area contributed by atoms with Crippen LogP contribution in [0.25, 0.3) is 0 Å². The van der Waals surface area contributed by atoms with Crippen molar-refractivity contribution < 1.29 is 9.90 Å². The van der Waals surface area contributed by atoms with Gasteiger partial charge in [-0.15, -0.1) is 0 Å². The van der Waals surface area contributed by atoms with Crippen LogP contribution in [0.5, 0.6) is 0 Å². The van der Waals surface area contributed by atoms with Crippen molar-refractivity contribution in [2.24, 2.45) is 28.9 Å². The van der Waals surface area contributed by atoms with Crippen molar-refractivity contribution in [2.75, 3.05) is 0 Å². The number of rotatable bonds is 3. The van der Waals surface area contributed by atoms with Crippen LogP contribution in [0.1, 0.15) is 52.4 Å². The highest BCUT2D eigenvalue weighted by Gasteiger charge is 2.69. The lowest BCUT2D eigenvalue weighted by atomic mass is 9.65. The third kappa shape index (κ3) is 1.63. The van der Waals surface area contributed by atoms with E-state index < -0.39 is 11.4 Å². The molecule has 0 aliphatic heterocycles. The van der Waals surface area contributed by atoms with Crippen LogP contribution in [0.3, 0.4) is 0 Å². The largest absolute Gasteiger partial charge is 0.481 e. The number of allylic oxidation sites excluding steroid dienone is 1. The zero-order valence-corrected chi connectivity index (χ0v) is 12.0. The normalized spacial score (nSPS) is 48.6. The Kier molecular flexibility index (Phi) is 2.83. The van der Waals surface area contributed by atoms with E-state index in [4.69, 9.17) is 5.73 Å². The van der Waals surface area contributed by atoms with E-state index in [0.717, 1.165) is 19.3 Å². The minimum atomic E-state index is -0.596. The molecule has 3 heteroatoms. The van der Waals surface area contributed by atoms with E-state index in [1.54, 1.807) is 0 Å². The standard InChI is InChI=1S/C16H25NO2/c1-3-10(2)7-16(17)9-15(14(18)19)8-13(16)11-5-4-6-12(11)15/h7,11-13H,3-6,8-9,17H2,1-2H3,(H,18,19)/b10-7-. The molecule has 3 N–H and O–H groups in total. The summed E-state index contributed by atoms with van der Waals surface area (Å²) in [6, 6.07) is 0. The minimum absolute atomic E-state index is 0.371. The van der Waals surface area contributed by atoms with Gasteiger partial charge in [-0.2, -0.15) is 0 Å². The summed E-state index contributed by atoms with van der Waals surface area (Å²) < 4.78 is 0. The predicted octanol–water partition coefficient (Wildman–Crippen LogP) is 2.95. The zero-order valence-electron chi connectivity index (χ0n) is 12.0. The van der Waals surface area contributed by atoms with Crippen LogP contribution in [0.4, 0.5) is 0 Å². The Hall–Kier alpha value is -0.830. The van der Waals surface area contributed by atoms with Crippen molar-refractivity contribution >= 4 is 5.97 Å². The fourth-order valence-corrected chi connectivity index (χ4v) is 5.36. The first-order chi connectivity index (χ1) is 8.93. The molecule has 3 rings (SSSR count). The first-order valence-corrected chi connectivity index (χ1v) is 7.63. The predicted molar refractivity (Wildman–Crippen MR) is 74.6 cm³/mol. The van der Waals surface area contributed by atoms with E-state index in [1.807, 2.05) is 0 Å². The molecule has 0 spiro atoms. The van der Waals surface area contributed by atoms with Crippen LogP contribution in [-0.2, 0) is 4.79 Å². The molecule has 2 bridgehead atoms. The topological polar surface area (TPSA) is 63.3 Å². The summed E-state index contributed by atoms with van der Waals surface area (Å²) in [7, 11) is 0. The number of carboxylic acid groups (broad SMARTS) is 1. The summed E-state index contributed by atoms with van der Waals surface area (Å²) in [6.07, 6.45) is 8.12. The lowest BCUT2D eigenvalue weighted by Crippen LogP contribution is -2.51. The Labute approximate surface area is 115 Å². The van der Waals surface area contributed by atoms with Gasteiger partial charge in [0.05, 0.1) is 5.41 Å². The fourth-order valence-electron chi connectivity index (χ4n) is 5.36. The molecule has 3 fully saturated rings. The van der Waals surface area contributed by atoms with Crippen LogP contribution in [0.2, 0.25) is 0 Å². The maximum atomic E-state index is 11.9. The van der Waals surface area contributed by atoms with Gasteiger partial charge < -0.3 is 10.8 Å². The Morgan fingerprint density at radius 1 is 1.42 bits per heavy atom. The number of nitrogens with two attached hydrogens (primary N) is 1. The third-order valence-electron chi connectivity index (χ3n) is 6.19. The van der Waals surface area contributed by atoms with Gasteiger partial charge in [-0.25, -0.2) is 0 Å². The maximum Gasteiger partial charge on any atom is 0.310 e. The molecule has 0 aromatic carbocycles. The third-order valence-corrected chi connectivity index (χ3v) is 6.19. The quantitative estimate of drug-likeness (QED) is 0.769. The van der Waals surface area contributed by atoms with Gasteiger partial charge in [0.1, 0.15) is 0 Å². The van der Waals surface area contributed by atoms with Crippen LogP contribution in [0, 0.1) is 23.2 Å². The molecule has 19 heavy (non-hydrogen) atoms. The second kappa shape index (κ2) is 4.08. The number of hydrogen-bond donors (Lipinski definition) is 2. The van der Waals surface area contributed by atoms with E-state index >= 15 is 0 Å². The van der Waals surface area contributed by atoms with E-state index in [-0.39, 0.29) is 5.54 Å². The zero-order chi connectivity index (χ0) is 13.8. The minimum Gasteiger partial charge on any atom is -0.481 e. The SMILES string of the molecule is CC/C(C)=C\C1(N)CC2(C(=O)O)CC1C1CCCC12. The molecule has 5 atom stereocenters. The Bertz CT molecular complexity index is 444. The number of hydrogen-bond acceptors (Lipinski definition) is 2. The van der Waals surface area contributed by atoms with Crippen molar-refractivity contribution in [1.82, 2.24) is 0 Å². The van der Waals surface area contributed by atoms with Crippen LogP contribution in [0.15, 0.2) is 11.6 Å². The van der Waals surface area contributed by atoms with E-state index in [2.05, 4.69) is 19.9 Å². The highest BCUT2D eigenvalue weighted by Crippen LogP contribution is 2.68. The molecule has 0 aromatic rings. The van der Waals surface area contributed by atoms with E-state index in [9.17, 15) is 9.90 Å². The first-order valence-electron chi connectivity index (χ1n) is 7.63. The summed E-state index contributed by atoms with van der Waals surface area (Å²) in [4.78, 5) is 11.9. The first kappa shape index (κ1) is 13.2. The molecule has 3 aliphatic rings. The fraction of sp³-hybridized carbons (Fsp3) is 0.812. The highest BCUT2D eigenvalue weighted by molar-refractivity contribution is 5.77. The van der Waals surface area contributed by atoms with Gasteiger partial charge in [-0.1, -0.05) is 25.0 Å². The summed E-state index contributed by atoms with van der Waals surface area (Å²) in [5.74, 6) is 0.733. The number of carbonyl (C=O) groups is 1. The number of aliphatic carboxylic acids is 1. The average molecular weight is 263 g/mol. The van der Waals surface area contributed by atoms with Gasteiger partial charge in [-0.3, -0.25) is 4.79 Å². The smallest absolute Gasteiger partial charge is 0.310 e. The van der Waals surface area contributed by atoms with E-state index in [0.29, 0.717) is 24.2 Å². The molecule has 0 heterocycles. The second-order valence-corrected chi connectivity index (χ2v) is 7.11. The van der Waals surface area contributed by atoms with Crippen molar-refractivity contribution in [3.8, 4) is 0 Å².